The second kappa shape index (κ2) is 4.37. The van der Waals surface area contributed by atoms with E-state index >= 15 is 0 Å². The van der Waals surface area contributed by atoms with Gasteiger partial charge in [0.1, 0.15) is 5.01 Å². The van der Waals surface area contributed by atoms with Crippen LogP contribution in [0.2, 0.25) is 0 Å². The van der Waals surface area contributed by atoms with Crippen molar-refractivity contribution in [2.45, 2.75) is 6.92 Å². The van der Waals surface area contributed by atoms with Crippen LogP contribution in [-0.4, -0.2) is 4.98 Å². The van der Waals surface area contributed by atoms with Crippen molar-refractivity contribution in [3.63, 3.8) is 0 Å². The Labute approximate surface area is 118 Å². The Morgan fingerprint density at radius 2 is 2.00 bits per heavy atom. The molecule has 4 heteroatoms. The fraction of sp³-hybridized carbons (Fsp3) is 0.0714. The fourth-order valence-electron chi connectivity index (χ4n) is 1.88. The standard InChI is InChI=1S/C14H11BrN2S/c1-8-2-4-10(16)7-11(8)14-17-12-5-3-9(15)6-13(12)18-14/h2-7H,16H2,1H3. The van der Waals surface area contributed by atoms with E-state index < -0.39 is 0 Å². The second-order valence-corrected chi connectivity index (χ2v) is 6.15. The highest BCUT2D eigenvalue weighted by Gasteiger charge is 2.09. The van der Waals surface area contributed by atoms with Gasteiger partial charge in [0.2, 0.25) is 0 Å². The first kappa shape index (κ1) is 11.7. The van der Waals surface area contributed by atoms with E-state index in [-0.39, 0.29) is 0 Å². The van der Waals surface area contributed by atoms with Gasteiger partial charge in [-0.1, -0.05) is 22.0 Å². The van der Waals surface area contributed by atoms with Crippen LogP contribution in [0.15, 0.2) is 40.9 Å². The van der Waals surface area contributed by atoms with Gasteiger partial charge in [-0.05, 0) is 42.8 Å². The molecule has 0 bridgehead atoms. The summed E-state index contributed by atoms with van der Waals surface area (Å²) in [6.45, 7) is 2.08. The molecule has 0 aliphatic rings. The summed E-state index contributed by atoms with van der Waals surface area (Å²) < 4.78 is 2.26. The molecule has 0 saturated carbocycles. The predicted octanol–water partition coefficient (Wildman–Crippen LogP) is 4.62. The summed E-state index contributed by atoms with van der Waals surface area (Å²) in [6, 6.07) is 12.1. The highest BCUT2D eigenvalue weighted by molar-refractivity contribution is 9.10. The summed E-state index contributed by atoms with van der Waals surface area (Å²) in [7, 11) is 0. The van der Waals surface area contributed by atoms with E-state index in [0.29, 0.717) is 0 Å². The monoisotopic (exact) mass is 318 g/mol. The zero-order valence-corrected chi connectivity index (χ0v) is 12.2. The van der Waals surface area contributed by atoms with Crippen molar-refractivity contribution in [2.75, 3.05) is 5.73 Å². The van der Waals surface area contributed by atoms with Crippen LogP contribution in [0.5, 0.6) is 0 Å². The number of nitrogens with zero attached hydrogens (tertiary/aromatic N) is 1. The van der Waals surface area contributed by atoms with Crippen molar-refractivity contribution in [3.8, 4) is 10.6 Å². The molecule has 0 radical (unpaired) electrons. The molecule has 2 nitrogen and oxygen atoms in total. The normalized spacial score (nSPS) is 11.0. The van der Waals surface area contributed by atoms with Crippen molar-refractivity contribution in [3.05, 3.63) is 46.4 Å². The Balaban J connectivity index is 2.22. The van der Waals surface area contributed by atoms with E-state index in [1.54, 1.807) is 11.3 Å². The molecule has 2 aromatic carbocycles. The lowest BCUT2D eigenvalue weighted by Gasteiger charge is -2.02. The quantitative estimate of drug-likeness (QED) is 0.665. The molecule has 0 unspecified atom stereocenters. The van der Waals surface area contributed by atoms with E-state index in [9.17, 15) is 0 Å². The van der Waals surface area contributed by atoms with Gasteiger partial charge in [0.25, 0.3) is 0 Å². The Hall–Kier alpha value is -1.39. The molecule has 0 amide bonds. The maximum Gasteiger partial charge on any atom is 0.124 e. The minimum Gasteiger partial charge on any atom is -0.399 e. The van der Waals surface area contributed by atoms with Gasteiger partial charge in [-0.15, -0.1) is 11.3 Å². The van der Waals surface area contributed by atoms with Gasteiger partial charge >= 0.3 is 0 Å². The molecule has 0 fully saturated rings. The molecular formula is C14H11BrN2S. The fourth-order valence-corrected chi connectivity index (χ4v) is 3.48. The first-order valence-corrected chi connectivity index (χ1v) is 7.17. The number of nitrogens with two attached hydrogens (primary N) is 1. The van der Waals surface area contributed by atoms with Gasteiger partial charge in [-0.2, -0.15) is 0 Å². The van der Waals surface area contributed by atoms with Crippen molar-refractivity contribution in [1.29, 1.82) is 0 Å². The summed E-state index contributed by atoms with van der Waals surface area (Å²) in [4.78, 5) is 4.67. The number of thiazole rings is 1. The highest BCUT2D eigenvalue weighted by atomic mass is 79.9. The van der Waals surface area contributed by atoms with Crippen LogP contribution in [0.3, 0.4) is 0 Å². The second-order valence-electron chi connectivity index (χ2n) is 4.21. The maximum atomic E-state index is 5.85. The van der Waals surface area contributed by atoms with Crippen molar-refractivity contribution >= 4 is 43.2 Å². The lowest BCUT2D eigenvalue weighted by atomic mass is 10.1. The molecule has 3 aromatic rings. The molecular weight excluding hydrogens is 308 g/mol. The molecule has 0 aliphatic carbocycles. The number of hydrogen-bond acceptors (Lipinski definition) is 3. The third-order valence-electron chi connectivity index (χ3n) is 2.84. The molecule has 18 heavy (non-hydrogen) atoms. The number of aryl methyl sites for hydroxylation is 1. The Morgan fingerprint density at radius 3 is 2.83 bits per heavy atom. The van der Waals surface area contributed by atoms with Gasteiger partial charge < -0.3 is 5.73 Å². The molecule has 90 valence electrons. The van der Waals surface area contributed by atoms with E-state index in [1.165, 1.54) is 10.3 Å². The van der Waals surface area contributed by atoms with E-state index in [0.717, 1.165) is 26.2 Å². The predicted molar refractivity (Wildman–Crippen MR) is 81.9 cm³/mol. The largest absolute Gasteiger partial charge is 0.399 e. The number of aromatic nitrogens is 1. The summed E-state index contributed by atoms with van der Waals surface area (Å²) >= 11 is 5.17. The maximum absolute atomic E-state index is 5.85. The van der Waals surface area contributed by atoms with E-state index in [2.05, 4.69) is 33.9 Å². The summed E-state index contributed by atoms with van der Waals surface area (Å²) in [5.74, 6) is 0. The van der Waals surface area contributed by atoms with Crippen molar-refractivity contribution in [2.24, 2.45) is 0 Å². The molecule has 1 heterocycles. The summed E-state index contributed by atoms with van der Waals surface area (Å²) in [5, 5.41) is 1.02. The van der Waals surface area contributed by atoms with Gasteiger partial charge in [0, 0.05) is 15.7 Å². The number of nitrogen functional groups attached to an aromatic ring is 1. The van der Waals surface area contributed by atoms with Crippen LogP contribution in [0, 0.1) is 6.92 Å². The summed E-state index contributed by atoms with van der Waals surface area (Å²) in [6.07, 6.45) is 0. The van der Waals surface area contributed by atoms with Crippen molar-refractivity contribution in [1.82, 2.24) is 4.98 Å². The minimum atomic E-state index is 0.774. The first-order chi connectivity index (χ1) is 8.63. The number of rotatable bonds is 1. The van der Waals surface area contributed by atoms with E-state index in [4.69, 9.17) is 5.73 Å². The molecule has 2 N–H and O–H groups in total. The van der Waals surface area contributed by atoms with Crippen LogP contribution in [-0.2, 0) is 0 Å². The third-order valence-corrected chi connectivity index (χ3v) is 4.39. The molecule has 0 atom stereocenters. The number of anilines is 1. The van der Waals surface area contributed by atoms with Crippen LogP contribution in [0.25, 0.3) is 20.8 Å². The average Bonchev–Trinajstić information content (AvgIpc) is 2.74. The average molecular weight is 319 g/mol. The van der Waals surface area contributed by atoms with E-state index in [1.807, 2.05) is 30.3 Å². The Bertz CT molecular complexity index is 734. The Morgan fingerprint density at radius 1 is 1.17 bits per heavy atom. The lowest BCUT2D eigenvalue weighted by Crippen LogP contribution is -1.88. The molecule has 0 aliphatic heterocycles. The number of hydrogen-bond donors (Lipinski definition) is 1. The minimum absolute atomic E-state index is 0.774. The zero-order valence-electron chi connectivity index (χ0n) is 9.77. The lowest BCUT2D eigenvalue weighted by molar-refractivity contribution is 1.41. The molecule has 3 rings (SSSR count). The van der Waals surface area contributed by atoms with Crippen LogP contribution < -0.4 is 5.73 Å². The van der Waals surface area contributed by atoms with Gasteiger partial charge in [0.05, 0.1) is 10.2 Å². The zero-order chi connectivity index (χ0) is 12.7. The molecule has 1 aromatic heterocycles. The molecule has 0 saturated heterocycles. The van der Waals surface area contributed by atoms with Crippen LogP contribution in [0.1, 0.15) is 5.56 Å². The van der Waals surface area contributed by atoms with Gasteiger partial charge in [-0.3, -0.25) is 0 Å². The van der Waals surface area contributed by atoms with Crippen LogP contribution >= 0.6 is 27.3 Å². The summed E-state index contributed by atoms with van der Waals surface area (Å²) in [5.41, 5.74) is 9.97. The third kappa shape index (κ3) is 2.02. The molecule has 0 spiro atoms. The number of fused-ring (bicyclic) bond motifs is 1. The first-order valence-electron chi connectivity index (χ1n) is 5.56. The SMILES string of the molecule is Cc1ccc(N)cc1-c1nc2ccc(Br)cc2s1. The van der Waals surface area contributed by atoms with Crippen LogP contribution in [0.4, 0.5) is 5.69 Å². The van der Waals surface area contributed by atoms with Gasteiger partial charge in [-0.25, -0.2) is 4.98 Å². The topological polar surface area (TPSA) is 38.9 Å². The smallest absolute Gasteiger partial charge is 0.124 e. The Kier molecular flexibility index (Phi) is 2.84. The highest BCUT2D eigenvalue weighted by Crippen LogP contribution is 2.34. The van der Waals surface area contributed by atoms with Gasteiger partial charge in [0.15, 0.2) is 0 Å². The number of benzene rings is 2. The van der Waals surface area contributed by atoms with Crippen molar-refractivity contribution < 1.29 is 0 Å². The number of halogens is 1.